The zero-order chi connectivity index (χ0) is 22.4. The second-order valence-electron chi connectivity index (χ2n) is 6.47. The van der Waals surface area contributed by atoms with Crippen molar-refractivity contribution in [2.75, 3.05) is 18.2 Å². The van der Waals surface area contributed by atoms with Gasteiger partial charge in [-0.25, -0.2) is 0 Å². The fraction of sp³-hybridized carbons (Fsp3) is 0.130. The molecule has 0 saturated carbocycles. The van der Waals surface area contributed by atoms with E-state index in [2.05, 4.69) is 10.1 Å². The van der Waals surface area contributed by atoms with E-state index in [-0.39, 0.29) is 17.3 Å². The molecule has 0 aromatic heterocycles. The quantitative estimate of drug-likeness (QED) is 0.380. The first-order valence-electron chi connectivity index (χ1n) is 9.15. The van der Waals surface area contributed by atoms with E-state index in [0.717, 1.165) is 17.0 Å². The number of thioether (sulfide) groups is 1. The van der Waals surface area contributed by atoms with Gasteiger partial charge in [0.2, 0.25) is 0 Å². The average Bonchev–Trinajstić information content (AvgIpc) is 2.78. The largest absolute Gasteiger partial charge is 0.468 e. The molecule has 1 N–H and O–H groups in total. The number of rotatable bonds is 6. The summed E-state index contributed by atoms with van der Waals surface area (Å²) in [5.41, 5.74) is 0.480. The molecule has 0 aliphatic rings. The summed E-state index contributed by atoms with van der Waals surface area (Å²) in [6, 6.07) is 18.5. The van der Waals surface area contributed by atoms with Crippen molar-refractivity contribution >= 4 is 29.3 Å². The van der Waals surface area contributed by atoms with Crippen LogP contribution in [0.25, 0.3) is 11.1 Å². The highest BCUT2D eigenvalue weighted by Gasteiger charge is 2.32. The number of hydrogen-bond donors (Lipinski definition) is 1. The molecule has 0 radical (unpaired) electrons. The van der Waals surface area contributed by atoms with Gasteiger partial charge >= 0.3 is 12.1 Å². The molecule has 0 aliphatic carbocycles. The number of esters is 1. The molecule has 0 unspecified atom stereocenters. The predicted octanol–water partition coefficient (Wildman–Crippen LogP) is 5.89. The van der Waals surface area contributed by atoms with Crippen molar-refractivity contribution in [2.45, 2.75) is 11.1 Å². The van der Waals surface area contributed by atoms with Crippen molar-refractivity contribution in [3.05, 3.63) is 83.9 Å². The van der Waals surface area contributed by atoms with Crippen molar-refractivity contribution in [2.24, 2.45) is 0 Å². The molecular formula is C23H18F3NO3S. The maximum Gasteiger partial charge on any atom is 0.416 e. The maximum absolute atomic E-state index is 13.2. The Kier molecular flexibility index (Phi) is 7.02. The number of carbonyl (C=O) groups is 2. The standard InChI is InChI=1S/C23H18F3NO3S/c1-30-21(28)14-31-18-10-8-17(9-11-18)27-22(29)20-13-16(23(24,25)26)7-12-19(20)15-5-3-2-4-6-15/h2-13H,14H2,1H3,(H,27,29). The monoisotopic (exact) mass is 445 g/mol. The highest BCUT2D eigenvalue weighted by atomic mass is 32.2. The van der Waals surface area contributed by atoms with E-state index >= 15 is 0 Å². The van der Waals surface area contributed by atoms with E-state index in [4.69, 9.17) is 0 Å². The number of halogens is 3. The second kappa shape index (κ2) is 9.70. The van der Waals surface area contributed by atoms with Crippen LogP contribution >= 0.6 is 11.8 Å². The lowest BCUT2D eigenvalue weighted by Gasteiger charge is -2.14. The third kappa shape index (κ3) is 5.88. The summed E-state index contributed by atoms with van der Waals surface area (Å²) >= 11 is 1.27. The van der Waals surface area contributed by atoms with E-state index in [1.165, 1.54) is 24.9 Å². The third-order valence-electron chi connectivity index (χ3n) is 4.37. The molecule has 3 rings (SSSR count). The summed E-state index contributed by atoms with van der Waals surface area (Å²) < 4.78 is 44.3. The number of hydrogen-bond acceptors (Lipinski definition) is 4. The molecule has 0 heterocycles. The van der Waals surface area contributed by atoms with Crippen LogP contribution in [-0.2, 0) is 15.7 Å². The molecular weight excluding hydrogens is 427 g/mol. The van der Waals surface area contributed by atoms with Crippen LogP contribution in [0.4, 0.5) is 18.9 Å². The van der Waals surface area contributed by atoms with Crippen molar-refractivity contribution in [1.29, 1.82) is 0 Å². The number of amides is 1. The van der Waals surface area contributed by atoms with Gasteiger partial charge in [0.05, 0.1) is 18.4 Å². The van der Waals surface area contributed by atoms with Gasteiger partial charge in [0.15, 0.2) is 0 Å². The van der Waals surface area contributed by atoms with Crippen molar-refractivity contribution in [3.8, 4) is 11.1 Å². The van der Waals surface area contributed by atoms with Gasteiger partial charge in [-0.05, 0) is 47.5 Å². The van der Waals surface area contributed by atoms with Crippen LogP contribution in [0.3, 0.4) is 0 Å². The van der Waals surface area contributed by atoms with Crippen molar-refractivity contribution < 1.29 is 27.5 Å². The van der Waals surface area contributed by atoms with E-state index < -0.39 is 17.6 Å². The van der Waals surface area contributed by atoms with Crippen LogP contribution in [0.5, 0.6) is 0 Å². The summed E-state index contributed by atoms with van der Waals surface area (Å²) in [4.78, 5) is 24.9. The summed E-state index contributed by atoms with van der Waals surface area (Å²) in [5.74, 6) is -0.868. The van der Waals surface area contributed by atoms with Gasteiger partial charge in [0.25, 0.3) is 5.91 Å². The number of methoxy groups -OCH3 is 1. The fourth-order valence-electron chi connectivity index (χ4n) is 2.81. The smallest absolute Gasteiger partial charge is 0.416 e. The van der Waals surface area contributed by atoms with Gasteiger partial charge in [-0.1, -0.05) is 36.4 Å². The number of nitrogens with one attached hydrogen (secondary N) is 1. The Balaban J connectivity index is 1.85. The summed E-state index contributed by atoms with van der Waals surface area (Å²) in [5, 5.41) is 2.64. The molecule has 160 valence electrons. The van der Waals surface area contributed by atoms with E-state index in [1.807, 2.05) is 0 Å². The Morgan fingerprint density at radius 3 is 2.26 bits per heavy atom. The summed E-state index contributed by atoms with van der Waals surface area (Å²) in [6.45, 7) is 0. The lowest BCUT2D eigenvalue weighted by atomic mass is 9.96. The number of ether oxygens (including phenoxy) is 1. The SMILES string of the molecule is COC(=O)CSc1ccc(NC(=O)c2cc(C(F)(F)F)ccc2-c2ccccc2)cc1. The molecule has 3 aromatic carbocycles. The minimum atomic E-state index is -4.57. The Bertz CT molecular complexity index is 1070. The maximum atomic E-state index is 13.2. The van der Waals surface area contributed by atoms with Crippen LogP contribution in [0.15, 0.2) is 77.7 Å². The Hall–Kier alpha value is -3.26. The molecule has 0 fully saturated rings. The van der Waals surface area contributed by atoms with E-state index in [0.29, 0.717) is 16.8 Å². The number of benzene rings is 3. The first-order chi connectivity index (χ1) is 14.8. The molecule has 31 heavy (non-hydrogen) atoms. The molecule has 0 atom stereocenters. The zero-order valence-corrected chi connectivity index (χ0v) is 17.2. The number of carbonyl (C=O) groups excluding carboxylic acids is 2. The number of alkyl halides is 3. The molecule has 0 saturated heterocycles. The second-order valence-corrected chi connectivity index (χ2v) is 7.52. The normalized spacial score (nSPS) is 11.1. The van der Waals surface area contributed by atoms with Crippen LogP contribution in [-0.4, -0.2) is 24.7 Å². The lowest BCUT2D eigenvalue weighted by molar-refractivity contribution is -0.138. The Morgan fingerprint density at radius 2 is 1.65 bits per heavy atom. The molecule has 0 spiro atoms. The van der Waals surface area contributed by atoms with Crippen LogP contribution < -0.4 is 5.32 Å². The van der Waals surface area contributed by atoms with Gasteiger partial charge in [-0.15, -0.1) is 11.8 Å². The molecule has 0 aliphatic heterocycles. The van der Waals surface area contributed by atoms with Crippen LogP contribution in [0.2, 0.25) is 0 Å². The van der Waals surface area contributed by atoms with Gasteiger partial charge in [0, 0.05) is 16.1 Å². The topological polar surface area (TPSA) is 55.4 Å². The van der Waals surface area contributed by atoms with Gasteiger partial charge in [-0.3, -0.25) is 9.59 Å². The lowest BCUT2D eigenvalue weighted by Crippen LogP contribution is -2.15. The Morgan fingerprint density at radius 1 is 0.968 bits per heavy atom. The summed E-state index contributed by atoms with van der Waals surface area (Å²) in [6.07, 6.45) is -4.57. The highest BCUT2D eigenvalue weighted by molar-refractivity contribution is 8.00. The first kappa shape index (κ1) is 22.4. The molecule has 4 nitrogen and oxygen atoms in total. The molecule has 0 bridgehead atoms. The molecule has 1 amide bonds. The van der Waals surface area contributed by atoms with E-state index in [1.54, 1.807) is 54.6 Å². The third-order valence-corrected chi connectivity index (χ3v) is 5.36. The minimum Gasteiger partial charge on any atom is -0.468 e. The highest BCUT2D eigenvalue weighted by Crippen LogP contribution is 2.34. The summed E-state index contributed by atoms with van der Waals surface area (Å²) in [7, 11) is 1.30. The minimum absolute atomic E-state index is 0.0785. The molecule has 3 aromatic rings. The van der Waals surface area contributed by atoms with Crippen molar-refractivity contribution in [3.63, 3.8) is 0 Å². The average molecular weight is 445 g/mol. The Labute approximate surface area is 181 Å². The first-order valence-corrected chi connectivity index (χ1v) is 10.1. The predicted molar refractivity (Wildman–Crippen MR) is 114 cm³/mol. The van der Waals surface area contributed by atoms with Crippen molar-refractivity contribution in [1.82, 2.24) is 0 Å². The molecule has 8 heteroatoms. The van der Waals surface area contributed by atoms with Gasteiger partial charge in [-0.2, -0.15) is 13.2 Å². The number of anilines is 1. The van der Waals surface area contributed by atoms with E-state index in [9.17, 15) is 22.8 Å². The van der Waals surface area contributed by atoms with Crippen LogP contribution in [0, 0.1) is 0 Å². The van der Waals surface area contributed by atoms with Crippen LogP contribution in [0.1, 0.15) is 15.9 Å². The van der Waals surface area contributed by atoms with Gasteiger partial charge < -0.3 is 10.1 Å². The van der Waals surface area contributed by atoms with Gasteiger partial charge in [0.1, 0.15) is 0 Å². The fourth-order valence-corrected chi connectivity index (χ4v) is 3.54. The zero-order valence-electron chi connectivity index (χ0n) is 16.4.